The third-order valence-corrected chi connectivity index (χ3v) is 2.59. The first-order chi connectivity index (χ1) is 7.79. The van der Waals surface area contributed by atoms with Crippen LogP contribution in [-0.4, -0.2) is 41.1 Å². The first-order valence-corrected chi connectivity index (χ1v) is 5.54. The highest BCUT2D eigenvalue weighted by Gasteiger charge is 2.15. The van der Waals surface area contributed by atoms with Gasteiger partial charge in [-0.05, 0) is 12.8 Å². The van der Waals surface area contributed by atoms with E-state index in [0.29, 0.717) is 18.3 Å². The van der Waals surface area contributed by atoms with Crippen molar-refractivity contribution >= 4 is 29.9 Å². The molecule has 2 rings (SSSR count). The molecule has 0 atom stereocenters. The van der Waals surface area contributed by atoms with Crippen LogP contribution in [0.5, 0.6) is 0 Å². The second-order valence-electron chi connectivity index (χ2n) is 3.82. The minimum atomic E-state index is 0. The minimum Gasteiger partial charge on any atom is -0.349 e. The summed E-state index contributed by atoms with van der Waals surface area (Å²) < 4.78 is 4.90. The van der Waals surface area contributed by atoms with Crippen LogP contribution in [0.3, 0.4) is 0 Å². The number of halogens is 1. The molecule has 1 aliphatic heterocycles. The smallest absolute Gasteiger partial charge is 0.223 e. The lowest BCUT2D eigenvalue weighted by atomic mass is 10.4. The molecular weight excluding hydrogens is 333 g/mol. The van der Waals surface area contributed by atoms with Crippen molar-refractivity contribution in [2.75, 3.05) is 20.1 Å². The standard InChI is InChI=1S/C10H17N5O.HI/c1-8-13-9(14-16-8)7-12-10(11-2)15-5-3-4-6-15;/h3-7H2,1-2H3,(H,11,12);1H. The Labute approximate surface area is 118 Å². The van der Waals surface area contributed by atoms with Gasteiger partial charge in [0.2, 0.25) is 5.89 Å². The Hall–Kier alpha value is -0.860. The monoisotopic (exact) mass is 351 g/mol. The van der Waals surface area contributed by atoms with Gasteiger partial charge in [0.1, 0.15) is 0 Å². The first-order valence-electron chi connectivity index (χ1n) is 5.54. The number of likely N-dealkylation sites (tertiary alicyclic amines) is 1. The molecule has 6 nitrogen and oxygen atoms in total. The summed E-state index contributed by atoms with van der Waals surface area (Å²) in [7, 11) is 1.79. The molecule has 0 aliphatic carbocycles. The van der Waals surface area contributed by atoms with E-state index in [2.05, 4.69) is 25.3 Å². The maximum atomic E-state index is 4.90. The van der Waals surface area contributed by atoms with Crippen molar-refractivity contribution in [1.82, 2.24) is 20.4 Å². The van der Waals surface area contributed by atoms with Crippen LogP contribution < -0.4 is 5.32 Å². The molecule has 2 heterocycles. The Bertz CT molecular complexity index is 373. The maximum Gasteiger partial charge on any atom is 0.223 e. The van der Waals surface area contributed by atoms with Crippen LogP contribution in [0.25, 0.3) is 0 Å². The van der Waals surface area contributed by atoms with Gasteiger partial charge in [-0.25, -0.2) is 0 Å². The van der Waals surface area contributed by atoms with E-state index in [1.54, 1.807) is 14.0 Å². The highest BCUT2D eigenvalue weighted by Crippen LogP contribution is 2.07. The molecule has 7 heteroatoms. The summed E-state index contributed by atoms with van der Waals surface area (Å²) >= 11 is 0. The second kappa shape index (κ2) is 6.77. The van der Waals surface area contributed by atoms with Gasteiger partial charge >= 0.3 is 0 Å². The maximum absolute atomic E-state index is 4.90. The molecule has 1 aliphatic rings. The molecule has 1 aromatic heterocycles. The quantitative estimate of drug-likeness (QED) is 0.492. The van der Waals surface area contributed by atoms with Gasteiger partial charge in [0.05, 0.1) is 6.54 Å². The SMILES string of the molecule is CN=C(NCc1noc(C)n1)N1CCCC1.I. The van der Waals surface area contributed by atoms with Gasteiger partial charge in [0.25, 0.3) is 0 Å². The van der Waals surface area contributed by atoms with Crippen LogP contribution >= 0.6 is 24.0 Å². The Balaban J connectivity index is 0.00000144. The lowest BCUT2D eigenvalue weighted by molar-refractivity contribution is 0.386. The summed E-state index contributed by atoms with van der Waals surface area (Å²) in [6, 6.07) is 0. The van der Waals surface area contributed by atoms with Gasteiger partial charge in [-0.1, -0.05) is 5.16 Å². The van der Waals surface area contributed by atoms with Crippen LogP contribution in [0, 0.1) is 6.92 Å². The molecule has 0 radical (unpaired) electrons. The number of aliphatic imine (C=N–C) groups is 1. The number of nitrogens with one attached hydrogen (secondary N) is 1. The molecule has 1 aromatic rings. The van der Waals surface area contributed by atoms with Crippen molar-refractivity contribution in [2.24, 2.45) is 4.99 Å². The molecule has 96 valence electrons. The van der Waals surface area contributed by atoms with Crippen LogP contribution in [0.4, 0.5) is 0 Å². The van der Waals surface area contributed by atoms with Crippen LogP contribution in [-0.2, 0) is 6.54 Å². The van der Waals surface area contributed by atoms with Crippen LogP contribution in [0.15, 0.2) is 9.52 Å². The number of hydrogen-bond acceptors (Lipinski definition) is 4. The van der Waals surface area contributed by atoms with Crippen LogP contribution in [0.1, 0.15) is 24.6 Å². The zero-order chi connectivity index (χ0) is 11.4. The first kappa shape index (κ1) is 14.2. The summed E-state index contributed by atoms with van der Waals surface area (Å²) in [5.41, 5.74) is 0. The van der Waals surface area contributed by atoms with Crippen molar-refractivity contribution in [3.63, 3.8) is 0 Å². The van der Waals surface area contributed by atoms with Crippen LogP contribution in [0.2, 0.25) is 0 Å². The molecule has 1 saturated heterocycles. The van der Waals surface area contributed by atoms with E-state index in [9.17, 15) is 0 Å². The summed E-state index contributed by atoms with van der Waals surface area (Å²) in [6.45, 7) is 4.49. The van der Waals surface area contributed by atoms with E-state index in [1.807, 2.05) is 0 Å². The molecule has 17 heavy (non-hydrogen) atoms. The lowest BCUT2D eigenvalue weighted by Crippen LogP contribution is -2.39. The number of aromatic nitrogens is 2. The molecule has 1 N–H and O–H groups in total. The van der Waals surface area contributed by atoms with Gasteiger partial charge in [-0.3, -0.25) is 4.99 Å². The molecule has 1 fully saturated rings. The molecule has 0 spiro atoms. The average molecular weight is 351 g/mol. The Morgan fingerprint density at radius 3 is 2.71 bits per heavy atom. The Morgan fingerprint density at radius 2 is 2.18 bits per heavy atom. The van der Waals surface area contributed by atoms with Gasteiger partial charge in [0.15, 0.2) is 11.8 Å². The number of guanidine groups is 1. The fourth-order valence-corrected chi connectivity index (χ4v) is 1.83. The highest BCUT2D eigenvalue weighted by molar-refractivity contribution is 14.0. The molecule has 0 bridgehead atoms. The summed E-state index contributed by atoms with van der Waals surface area (Å²) in [6.07, 6.45) is 2.48. The largest absolute Gasteiger partial charge is 0.349 e. The lowest BCUT2D eigenvalue weighted by Gasteiger charge is -2.19. The van der Waals surface area contributed by atoms with E-state index >= 15 is 0 Å². The van der Waals surface area contributed by atoms with Gasteiger partial charge < -0.3 is 14.7 Å². The topological polar surface area (TPSA) is 66.5 Å². The number of aryl methyl sites for hydroxylation is 1. The second-order valence-corrected chi connectivity index (χ2v) is 3.82. The third-order valence-electron chi connectivity index (χ3n) is 2.59. The number of hydrogen-bond donors (Lipinski definition) is 1. The van der Waals surface area contributed by atoms with E-state index < -0.39 is 0 Å². The zero-order valence-corrected chi connectivity index (χ0v) is 12.5. The zero-order valence-electron chi connectivity index (χ0n) is 10.1. The number of rotatable bonds is 2. The number of nitrogens with zero attached hydrogens (tertiary/aromatic N) is 4. The van der Waals surface area contributed by atoms with Crippen molar-refractivity contribution in [3.05, 3.63) is 11.7 Å². The van der Waals surface area contributed by atoms with E-state index in [0.717, 1.165) is 19.0 Å². The average Bonchev–Trinajstić information content (AvgIpc) is 2.91. The Morgan fingerprint density at radius 1 is 1.47 bits per heavy atom. The van der Waals surface area contributed by atoms with Crippen molar-refractivity contribution < 1.29 is 4.52 Å². The molecule has 0 aromatic carbocycles. The van der Waals surface area contributed by atoms with Crippen molar-refractivity contribution in [2.45, 2.75) is 26.3 Å². The highest BCUT2D eigenvalue weighted by atomic mass is 127. The normalized spacial score (nSPS) is 15.9. The predicted molar refractivity (Wildman–Crippen MR) is 75.5 cm³/mol. The van der Waals surface area contributed by atoms with Gasteiger partial charge in [-0.15, -0.1) is 24.0 Å². The van der Waals surface area contributed by atoms with Gasteiger partial charge in [-0.2, -0.15) is 4.98 Å². The summed E-state index contributed by atoms with van der Waals surface area (Å²) in [5, 5.41) is 7.06. The predicted octanol–water partition coefficient (Wildman–Crippen LogP) is 1.17. The summed E-state index contributed by atoms with van der Waals surface area (Å²) in [5.74, 6) is 2.17. The fourth-order valence-electron chi connectivity index (χ4n) is 1.83. The Kier molecular flexibility index (Phi) is 5.66. The molecule has 0 unspecified atom stereocenters. The van der Waals surface area contributed by atoms with E-state index in [4.69, 9.17) is 4.52 Å². The van der Waals surface area contributed by atoms with Crippen molar-refractivity contribution in [1.29, 1.82) is 0 Å². The third kappa shape index (κ3) is 3.83. The van der Waals surface area contributed by atoms with Crippen molar-refractivity contribution in [3.8, 4) is 0 Å². The molecule has 0 saturated carbocycles. The van der Waals surface area contributed by atoms with E-state index in [-0.39, 0.29) is 24.0 Å². The van der Waals surface area contributed by atoms with E-state index in [1.165, 1.54) is 12.8 Å². The fraction of sp³-hybridized carbons (Fsp3) is 0.700. The molecule has 0 amide bonds. The minimum absolute atomic E-state index is 0. The summed E-state index contributed by atoms with van der Waals surface area (Å²) in [4.78, 5) is 10.6. The molecular formula is C10H18IN5O. The van der Waals surface area contributed by atoms with Gasteiger partial charge in [0, 0.05) is 27.1 Å².